The topological polar surface area (TPSA) is 80.3 Å². The predicted octanol–water partition coefficient (Wildman–Crippen LogP) is 1.72. The molecule has 0 fully saturated rings. The number of hydrogen-bond donors (Lipinski definition) is 1. The monoisotopic (exact) mass is 325 g/mol. The third kappa shape index (κ3) is 5.26. The van der Waals surface area contributed by atoms with Gasteiger partial charge in [0.25, 0.3) is 5.91 Å². The fourth-order valence-corrected chi connectivity index (χ4v) is 2.50. The van der Waals surface area contributed by atoms with Gasteiger partial charge in [-0.2, -0.15) is 0 Å². The van der Waals surface area contributed by atoms with Crippen LogP contribution in [0.4, 0.5) is 0 Å². The van der Waals surface area contributed by atoms with Gasteiger partial charge in [-0.05, 0) is 11.0 Å². The number of nitrogens with one attached hydrogen (secondary N) is 1. The Morgan fingerprint density at radius 1 is 1.09 bits per heavy atom. The van der Waals surface area contributed by atoms with E-state index in [-0.39, 0.29) is 23.5 Å². The van der Waals surface area contributed by atoms with Gasteiger partial charge in [-0.1, -0.05) is 52.0 Å². The van der Waals surface area contributed by atoms with Crippen LogP contribution in [-0.4, -0.2) is 38.2 Å². The molecule has 0 saturated carbocycles. The zero-order valence-electron chi connectivity index (χ0n) is 13.5. The van der Waals surface area contributed by atoms with Gasteiger partial charge in [0.15, 0.2) is 9.84 Å². The Hall–Kier alpha value is -1.69. The smallest absolute Gasteiger partial charge is 0.292 e. The minimum absolute atomic E-state index is 0.0189. The Labute approximate surface area is 132 Å². The van der Waals surface area contributed by atoms with Gasteiger partial charge >= 0.3 is 0 Å². The number of amides is 1. The van der Waals surface area contributed by atoms with Crippen LogP contribution >= 0.6 is 0 Å². The molecule has 0 aliphatic rings. The Morgan fingerprint density at radius 2 is 1.64 bits per heavy atom. The van der Waals surface area contributed by atoms with Gasteiger partial charge in [0, 0.05) is 17.9 Å². The van der Waals surface area contributed by atoms with E-state index in [0.717, 1.165) is 5.56 Å². The molecule has 0 spiro atoms. The second-order valence-electron chi connectivity index (χ2n) is 6.15. The number of carbonyl (C=O) groups is 2. The summed E-state index contributed by atoms with van der Waals surface area (Å²) in [5.41, 5.74) is 1.33. The first kappa shape index (κ1) is 18.4. The second-order valence-corrected chi connectivity index (χ2v) is 8.62. The van der Waals surface area contributed by atoms with Gasteiger partial charge in [-0.15, -0.1) is 0 Å². The summed E-state index contributed by atoms with van der Waals surface area (Å²) in [5, 5.41) is 2.35. The molecule has 6 heteroatoms. The van der Waals surface area contributed by atoms with Crippen LogP contribution in [0.15, 0.2) is 24.3 Å². The Balaban J connectivity index is 2.66. The number of benzene rings is 1. The highest BCUT2D eigenvalue weighted by atomic mass is 32.2. The lowest BCUT2D eigenvalue weighted by Crippen LogP contribution is -2.34. The number of sulfone groups is 1. The van der Waals surface area contributed by atoms with E-state index >= 15 is 0 Å². The van der Waals surface area contributed by atoms with Crippen LogP contribution in [0.25, 0.3) is 0 Å². The summed E-state index contributed by atoms with van der Waals surface area (Å²) < 4.78 is 22.6. The van der Waals surface area contributed by atoms with Crippen LogP contribution < -0.4 is 5.32 Å². The van der Waals surface area contributed by atoms with E-state index in [1.54, 1.807) is 19.1 Å². The first-order chi connectivity index (χ1) is 10.1. The number of ketones is 1. The molecular formula is C16H23NO4S. The molecule has 1 aromatic carbocycles. The van der Waals surface area contributed by atoms with Crippen molar-refractivity contribution in [2.45, 2.75) is 33.1 Å². The summed E-state index contributed by atoms with van der Waals surface area (Å²) in [7, 11) is -3.15. The van der Waals surface area contributed by atoms with E-state index in [1.807, 2.05) is 12.1 Å². The largest absolute Gasteiger partial charge is 0.348 e. The van der Waals surface area contributed by atoms with E-state index in [1.165, 1.54) is 0 Å². The van der Waals surface area contributed by atoms with Gasteiger partial charge in [-0.25, -0.2) is 8.42 Å². The third-order valence-electron chi connectivity index (χ3n) is 3.36. The van der Waals surface area contributed by atoms with E-state index in [9.17, 15) is 18.0 Å². The normalized spacial score (nSPS) is 12.0. The van der Waals surface area contributed by atoms with Gasteiger partial charge in [0.1, 0.15) is 0 Å². The third-order valence-corrected chi connectivity index (χ3v) is 5.06. The lowest BCUT2D eigenvalue weighted by molar-refractivity contribution is -0.116. The Bertz CT molecular complexity index is 640. The van der Waals surface area contributed by atoms with E-state index in [4.69, 9.17) is 0 Å². The van der Waals surface area contributed by atoms with Gasteiger partial charge < -0.3 is 5.32 Å². The second kappa shape index (κ2) is 7.05. The van der Waals surface area contributed by atoms with Crippen LogP contribution in [0.1, 0.15) is 43.6 Å². The molecule has 1 rings (SSSR count). The molecule has 0 unspecified atom stereocenters. The summed E-state index contributed by atoms with van der Waals surface area (Å²) >= 11 is 0. The molecule has 0 aromatic heterocycles. The predicted molar refractivity (Wildman–Crippen MR) is 86.8 cm³/mol. The highest BCUT2D eigenvalue weighted by Gasteiger charge is 2.18. The molecule has 0 bridgehead atoms. The number of Topliss-reactive ketones (excluding diaryl/α,β-unsaturated/α-hetero) is 1. The fraction of sp³-hybridized carbons (Fsp3) is 0.500. The molecule has 5 nitrogen and oxygen atoms in total. The highest BCUT2D eigenvalue weighted by Crippen LogP contribution is 2.22. The van der Waals surface area contributed by atoms with Gasteiger partial charge in [0.05, 0.1) is 5.75 Å². The maximum Gasteiger partial charge on any atom is 0.292 e. The molecule has 0 aliphatic carbocycles. The maximum absolute atomic E-state index is 12.0. The summed E-state index contributed by atoms with van der Waals surface area (Å²) in [6, 6.07) is 6.88. The SMILES string of the molecule is CCS(=O)(=O)CCNC(=O)C(=O)c1ccc(C(C)(C)C)cc1. The molecule has 122 valence electrons. The Morgan fingerprint density at radius 3 is 2.09 bits per heavy atom. The van der Waals surface area contributed by atoms with Crippen molar-refractivity contribution < 1.29 is 18.0 Å². The highest BCUT2D eigenvalue weighted by molar-refractivity contribution is 7.91. The molecule has 0 saturated heterocycles. The average Bonchev–Trinajstić information content (AvgIpc) is 2.45. The summed E-state index contributed by atoms with van der Waals surface area (Å²) in [6.45, 7) is 7.67. The van der Waals surface area contributed by atoms with Crippen molar-refractivity contribution in [1.29, 1.82) is 0 Å². The molecule has 0 radical (unpaired) electrons. The van der Waals surface area contributed by atoms with Crippen LogP contribution in [0, 0.1) is 0 Å². The summed E-state index contributed by atoms with van der Waals surface area (Å²) in [4.78, 5) is 23.7. The number of carbonyl (C=O) groups excluding carboxylic acids is 2. The van der Waals surface area contributed by atoms with Crippen molar-refractivity contribution in [1.82, 2.24) is 5.32 Å². The molecule has 1 aromatic rings. The van der Waals surface area contributed by atoms with Crippen LogP contribution in [-0.2, 0) is 20.0 Å². The van der Waals surface area contributed by atoms with Crippen molar-refractivity contribution in [3.05, 3.63) is 35.4 Å². The van der Waals surface area contributed by atoms with Crippen molar-refractivity contribution in [3.63, 3.8) is 0 Å². The van der Waals surface area contributed by atoms with Gasteiger partial charge in [-0.3, -0.25) is 9.59 Å². The van der Waals surface area contributed by atoms with E-state index < -0.39 is 21.5 Å². The molecule has 0 heterocycles. The zero-order chi connectivity index (χ0) is 17.0. The molecule has 22 heavy (non-hydrogen) atoms. The average molecular weight is 325 g/mol. The van der Waals surface area contributed by atoms with Crippen molar-refractivity contribution in [2.75, 3.05) is 18.1 Å². The fourth-order valence-electron chi connectivity index (χ4n) is 1.80. The lowest BCUT2D eigenvalue weighted by atomic mass is 9.86. The Kier molecular flexibility index (Phi) is 5.88. The van der Waals surface area contributed by atoms with Crippen LogP contribution in [0.2, 0.25) is 0 Å². The summed E-state index contributed by atoms with van der Waals surface area (Å²) in [5.74, 6) is -1.58. The van der Waals surface area contributed by atoms with Crippen LogP contribution in [0.5, 0.6) is 0 Å². The zero-order valence-corrected chi connectivity index (χ0v) is 14.3. The lowest BCUT2D eigenvalue weighted by Gasteiger charge is -2.18. The maximum atomic E-state index is 12.0. The molecular weight excluding hydrogens is 302 g/mol. The summed E-state index contributed by atoms with van der Waals surface area (Å²) in [6.07, 6.45) is 0. The first-order valence-corrected chi connectivity index (χ1v) is 9.02. The van der Waals surface area contributed by atoms with Crippen molar-refractivity contribution >= 4 is 21.5 Å². The standard InChI is InChI=1S/C16H23NO4S/c1-5-22(20,21)11-10-17-15(19)14(18)12-6-8-13(9-7-12)16(2,3)4/h6-9H,5,10-11H2,1-4H3,(H,17,19). The quantitative estimate of drug-likeness (QED) is 0.638. The minimum atomic E-state index is -3.15. The van der Waals surface area contributed by atoms with Crippen LogP contribution in [0.3, 0.4) is 0 Å². The van der Waals surface area contributed by atoms with Crippen molar-refractivity contribution in [2.24, 2.45) is 0 Å². The van der Waals surface area contributed by atoms with Gasteiger partial charge in [0.2, 0.25) is 5.78 Å². The molecule has 0 atom stereocenters. The minimum Gasteiger partial charge on any atom is -0.348 e. The number of rotatable bonds is 6. The first-order valence-electron chi connectivity index (χ1n) is 7.20. The number of hydrogen-bond acceptors (Lipinski definition) is 4. The van der Waals surface area contributed by atoms with E-state index in [0.29, 0.717) is 5.56 Å². The molecule has 1 N–H and O–H groups in total. The molecule has 1 amide bonds. The molecule has 0 aliphatic heterocycles. The van der Waals surface area contributed by atoms with Crippen molar-refractivity contribution in [3.8, 4) is 0 Å². The van der Waals surface area contributed by atoms with E-state index in [2.05, 4.69) is 26.1 Å².